The fraction of sp³-hybridized carbons (Fsp3) is 0.192. The number of rotatable bonds is 4. The zero-order valence-corrected chi connectivity index (χ0v) is 17.6. The standard InChI is InChI=1S/C26H25NO3/c1-16-10-11-20(14-23(16)28)25-22(13-19-8-6-5-7-9-19)26(29)27(25)21-12-17(2)18(3)24(15-21)30-4/h5-15,25,28H,1-4H3/b22-13-/t25-/m0/s1. The molecule has 1 fully saturated rings. The molecule has 4 heteroatoms. The number of hydrogen-bond acceptors (Lipinski definition) is 3. The number of anilines is 1. The van der Waals surface area contributed by atoms with Crippen molar-refractivity contribution in [3.63, 3.8) is 0 Å². The molecule has 0 aromatic heterocycles. The number of phenols is 1. The zero-order valence-electron chi connectivity index (χ0n) is 17.6. The van der Waals surface area contributed by atoms with Gasteiger partial charge in [-0.25, -0.2) is 0 Å². The van der Waals surface area contributed by atoms with Gasteiger partial charge in [-0.3, -0.25) is 9.69 Å². The molecule has 152 valence electrons. The van der Waals surface area contributed by atoms with Gasteiger partial charge >= 0.3 is 0 Å². The third-order valence-corrected chi connectivity index (χ3v) is 5.79. The molecule has 1 aliphatic rings. The number of ether oxygens (including phenoxy) is 1. The Kier molecular flexibility index (Phi) is 5.08. The molecule has 4 rings (SSSR count). The summed E-state index contributed by atoms with van der Waals surface area (Å²) in [6.07, 6.45) is 1.93. The van der Waals surface area contributed by atoms with Gasteiger partial charge in [0, 0.05) is 17.3 Å². The van der Waals surface area contributed by atoms with Crippen molar-refractivity contribution in [2.24, 2.45) is 0 Å². The second-order valence-electron chi connectivity index (χ2n) is 7.72. The quantitative estimate of drug-likeness (QED) is 0.466. The Hall–Kier alpha value is -3.53. The van der Waals surface area contributed by atoms with Crippen LogP contribution in [-0.2, 0) is 4.79 Å². The van der Waals surface area contributed by atoms with Gasteiger partial charge < -0.3 is 9.84 Å². The molecule has 0 bridgehead atoms. The van der Waals surface area contributed by atoms with Gasteiger partial charge in [-0.15, -0.1) is 0 Å². The highest BCUT2D eigenvalue weighted by Crippen LogP contribution is 2.46. The molecule has 4 nitrogen and oxygen atoms in total. The van der Waals surface area contributed by atoms with E-state index < -0.39 is 0 Å². The van der Waals surface area contributed by atoms with E-state index in [1.807, 2.05) is 81.4 Å². The highest BCUT2D eigenvalue weighted by atomic mass is 16.5. The molecule has 1 amide bonds. The Labute approximate surface area is 177 Å². The molecule has 1 aliphatic heterocycles. The molecule has 3 aromatic carbocycles. The number of hydrogen-bond donors (Lipinski definition) is 1. The van der Waals surface area contributed by atoms with Crippen LogP contribution in [0.2, 0.25) is 0 Å². The smallest absolute Gasteiger partial charge is 0.257 e. The first kappa shape index (κ1) is 19.8. The van der Waals surface area contributed by atoms with Crippen LogP contribution in [0.3, 0.4) is 0 Å². The van der Waals surface area contributed by atoms with Gasteiger partial charge in [0.05, 0.1) is 13.2 Å². The number of benzene rings is 3. The van der Waals surface area contributed by atoms with Crippen molar-refractivity contribution in [3.8, 4) is 11.5 Å². The topological polar surface area (TPSA) is 49.8 Å². The first-order chi connectivity index (χ1) is 14.4. The summed E-state index contributed by atoms with van der Waals surface area (Å²) in [5.41, 5.74) is 6.24. The number of methoxy groups -OCH3 is 1. The Balaban J connectivity index is 1.84. The fourth-order valence-corrected chi connectivity index (χ4v) is 3.87. The van der Waals surface area contributed by atoms with Gasteiger partial charge in [0.2, 0.25) is 0 Å². The molecule has 3 aromatic rings. The predicted molar refractivity (Wildman–Crippen MR) is 120 cm³/mol. The van der Waals surface area contributed by atoms with Crippen LogP contribution in [-0.4, -0.2) is 18.1 Å². The molecule has 1 N–H and O–H groups in total. The number of carbonyl (C=O) groups is 1. The van der Waals surface area contributed by atoms with Crippen molar-refractivity contribution in [1.29, 1.82) is 0 Å². The first-order valence-electron chi connectivity index (χ1n) is 9.95. The molecule has 0 unspecified atom stereocenters. The number of amides is 1. The number of aromatic hydroxyl groups is 1. The van der Waals surface area contributed by atoms with E-state index >= 15 is 0 Å². The lowest BCUT2D eigenvalue weighted by Crippen LogP contribution is -2.49. The molecular weight excluding hydrogens is 374 g/mol. The number of carbonyl (C=O) groups excluding carboxylic acids is 1. The lowest BCUT2D eigenvalue weighted by atomic mass is 9.85. The van der Waals surface area contributed by atoms with E-state index in [0.717, 1.165) is 39.3 Å². The lowest BCUT2D eigenvalue weighted by Gasteiger charge is -2.43. The molecule has 0 aliphatic carbocycles. The monoisotopic (exact) mass is 399 g/mol. The Morgan fingerprint density at radius 2 is 1.70 bits per heavy atom. The molecule has 1 atom stereocenters. The van der Waals surface area contributed by atoms with Crippen LogP contribution >= 0.6 is 0 Å². The van der Waals surface area contributed by atoms with Crippen LogP contribution in [0.1, 0.15) is 33.9 Å². The van der Waals surface area contributed by atoms with E-state index in [1.165, 1.54) is 0 Å². The summed E-state index contributed by atoms with van der Waals surface area (Å²) in [5, 5.41) is 10.3. The largest absolute Gasteiger partial charge is 0.508 e. The van der Waals surface area contributed by atoms with E-state index in [-0.39, 0.29) is 17.7 Å². The van der Waals surface area contributed by atoms with Crippen molar-refractivity contribution in [2.75, 3.05) is 12.0 Å². The summed E-state index contributed by atoms with van der Waals surface area (Å²) >= 11 is 0. The van der Waals surface area contributed by atoms with Crippen LogP contribution in [0.15, 0.2) is 66.2 Å². The van der Waals surface area contributed by atoms with Crippen LogP contribution in [0, 0.1) is 20.8 Å². The Bertz CT molecular complexity index is 1150. The van der Waals surface area contributed by atoms with Crippen LogP contribution in [0.5, 0.6) is 11.5 Å². The van der Waals surface area contributed by atoms with Crippen molar-refractivity contribution in [2.45, 2.75) is 26.8 Å². The Morgan fingerprint density at radius 3 is 2.37 bits per heavy atom. The van der Waals surface area contributed by atoms with Gasteiger partial charge in [0.1, 0.15) is 11.5 Å². The molecular formula is C26H25NO3. The summed E-state index contributed by atoms with van der Waals surface area (Å²) in [4.78, 5) is 15.0. The van der Waals surface area contributed by atoms with Gasteiger partial charge in [-0.2, -0.15) is 0 Å². The summed E-state index contributed by atoms with van der Waals surface area (Å²) in [6.45, 7) is 5.88. The number of aryl methyl sites for hydroxylation is 2. The molecule has 0 saturated carbocycles. The summed E-state index contributed by atoms with van der Waals surface area (Å²) < 4.78 is 5.53. The van der Waals surface area contributed by atoms with Gasteiger partial charge in [0.25, 0.3) is 5.91 Å². The third kappa shape index (κ3) is 3.35. The van der Waals surface area contributed by atoms with E-state index in [9.17, 15) is 9.90 Å². The molecule has 0 spiro atoms. The lowest BCUT2D eigenvalue weighted by molar-refractivity contribution is -0.118. The maximum Gasteiger partial charge on any atom is 0.257 e. The molecule has 1 saturated heterocycles. The van der Waals surface area contributed by atoms with Gasteiger partial charge in [0.15, 0.2) is 0 Å². The maximum atomic E-state index is 13.3. The number of nitrogens with zero attached hydrogens (tertiary/aromatic N) is 1. The van der Waals surface area contributed by atoms with Gasteiger partial charge in [-0.05, 0) is 66.8 Å². The predicted octanol–water partition coefficient (Wildman–Crippen LogP) is 5.50. The highest BCUT2D eigenvalue weighted by Gasteiger charge is 2.44. The summed E-state index contributed by atoms with van der Waals surface area (Å²) in [5.74, 6) is 0.932. The second kappa shape index (κ2) is 7.71. The van der Waals surface area contributed by atoms with Crippen molar-refractivity contribution in [3.05, 3.63) is 94.1 Å². The van der Waals surface area contributed by atoms with Crippen LogP contribution in [0.4, 0.5) is 5.69 Å². The Morgan fingerprint density at radius 1 is 0.967 bits per heavy atom. The van der Waals surface area contributed by atoms with Gasteiger partial charge in [-0.1, -0.05) is 42.5 Å². The fourth-order valence-electron chi connectivity index (χ4n) is 3.87. The average molecular weight is 399 g/mol. The van der Waals surface area contributed by atoms with Crippen LogP contribution < -0.4 is 9.64 Å². The molecule has 1 heterocycles. The minimum absolute atomic E-state index is 0.0470. The van der Waals surface area contributed by atoms with E-state index in [0.29, 0.717) is 5.57 Å². The first-order valence-corrected chi connectivity index (χ1v) is 9.95. The SMILES string of the molecule is COc1cc(N2C(=O)/C(=C\c3ccccc3)[C@@H]2c2ccc(C)c(O)c2)cc(C)c1C. The average Bonchev–Trinajstić information content (AvgIpc) is 2.75. The molecule has 30 heavy (non-hydrogen) atoms. The van der Waals surface area contributed by atoms with Crippen molar-refractivity contribution < 1.29 is 14.6 Å². The zero-order chi connectivity index (χ0) is 21.4. The highest BCUT2D eigenvalue weighted by molar-refractivity contribution is 6.18. The summed E-state index contributed by atoms with van der Waals surface area (Å²) in [6, 6.07) is 19.0. The minimum atomic E-state index is -0.281. The van der Waals surface area contributed by atoms with E-state index in [4.69, 9.17) is 4.74 Å². The third-order valence-electron chi connectivity index (χ3n) is 5.79. The molecule has 0 radical (unpaired) electrons. The normalized spacial score (nSPS) is 17.2. The number of phenolic OH excluding ortho intramolecular Hbond substituents is 1. The van der Waals surface area contributed by atoms with Crippen LogP contribution in [0.25, 0.3) is 6.08 Å². The van der Waals surface area contributed by atoms with E-state index in [1.54, 1.807) is 18.1 Å². The maximum absolute atomic E-state index is 13.3. The minimum Gasteiger partial charge on any atom is -0.508 e. The van der Waals surface area contributed by atoms with Crippen molar-refractivity contribution in [1.82, 2.24) is 0 Å². The summed E-state index contributed by atoms with van der Waals surface area (Å²) in [7, 11) is 1.64. The van der Waals surface area contributed by atoms with Crippen molar-refractivity contribution >= 4 is 17.7 Å². The second-order valence-corrected chi connectivity index (χ2v) is 7.72. The number of β-lactam (4-membered cyclic amide) rings is 1. The van der Waals surface area contributed by atoms with E-state index in [2.05, 4.69) is 0 Å².